The van der Waals surface area contributed by atoms with Crippen LogP contribution in [-0.4, -0.2) is 67.2 Å². The summed E-state index contributed by atoms with van der Waals surface area (Å²) in [6.07, 6.45) is 3.08. The zero-order valence-electron chi connectivity index (χ0n) is 14.8. The fourth-order valence-electron chi connectivity index (χ4n) is 3.59. The molecule has 0 N–H and O–H groups in total. The van der Waals surface area contributed by atoms with Gasteiger partial charge in [0.1, 0.15) is 30.9 Å². The summed E-state index contributed by atoms with van der Waals surface area (Å²) in [6.45, 7) is 6.50. The van der Waals surface area contributed by atoms with E-state index in [0.29, 0.717) is 24.9 Å². The molecule has 138 valence electrons. The summed E-state index contributed by atoms with van der Waals surface area (Å²) in [7, 11) is 0. The van der Waals surface area contributed by atoms with Crippen LogP contribution < -0.4 is 4.74 Å². The van der Waals surface area contributed by atoms with Crippen molar-refractivity contribution in [3.05, 3.63) is 30.1 Å². The molecule has 2 fully saturated rings. The minimum atomic E-state index is -0.285. The third-order valence-corrected chi connectivity index (χ3v) is 4.95. The van der Waals surface area contributed by atoms with Gasteiger partial charge in [0, 0.05) is 19.1 Å². The number of piperidine rings is 1. The second-order valence-electron chi connectivity index (χ2n) is 6.82. The van der Waals surface area contributed by atoms with E-state index in [1.165, 1.54) is 18.6 Å². The van der Waals surface area contributed by atoms with Crippen molar-refractivity contribution in [2.75, 3.05) is 39.4 Å². The number of morpholine rings is 1. The first kappa shape index (κ1) is 18.1. The van der Waals surface area contributed by atoms with Crippen molar-refractivity contribution in [2.24, 2.45) is 0 Å². The summed E-state index contributed by atoms with van der Waals surface area (Å²) >= 11 is 0. The van der Waals surface area contributed by atoms with Gasteiger partial charge in [0.05, 0.1) is 6.54 Å². The topological polar surface area (TPSA) is 42.0 Å². The SMILES string of the molecule is CCCN1CCC(N2C[C@@H](COc3ccc(F)cc3)OCC2=O)CC1. The van der Waals surface area contributed by atoms with E-state index in [-0.39, 0.29) is 24.4 Å². The largest absolute Gasteiger partial charge is 0.491 e. The first-order valence-corrected chi connectivity index (χ1v) is 9.17. The Morgan fingerprint density at radius 2 is 1.96 bits per heavy atom. The fourth-order valence-corrected chi connectivity index (χ4v) is 3.59. The number of carbonyl (C=O) groups is 1. The summed E-state index contributed by atoms with van der Waals surface area (Å²) in [5.74, 6) is 0.403. The Balaban J connectivity index is 1.49. The van der Waals surface area contributed by atoms with Gasteiger partial charge in [-0.3, -0.25) is 4.79 Å². The first-order valence-electron chi connectivity index (χ1n) is 9.17. The molecule has 0 bridgehead atoms. The maximum absolute atomic E-state index is 12.9. The van der Waals surface area contributed by atoms with Crippen LogP contribution in [0.5, 0.6) is 5.75 Å². The maximum Gasteiger partial charge on any atom is 0.248 e. The number of ether oxygens (including phenoxy) is 2. The Labute approximate surface area is 148 Å². The molecule has 0 saturated carbocycles. The van der Waals surface area contributed by atoms with Crippen LogP contribution in [0.4, 0.5) is 4.39 Å². The number of nitrogens with zero attached hydrogens (tertiary/aromatic N) is 2. The number of amides is 1. The minimum absolute atomic E-state index is 0.0759. The zero-order valence-corrected chi connectivity index (χ0v) is 14.8. The third-order valence-electron chi connectivity index (χ3n) is 4.95. The first-order chi connectivity index (χ1) is 12.2. The molecule has 2 heterocycles. The highest BCUT2D eigenvalue weighted by Crippen LogP contribution is 2.21. The summed E-state index contributed by atoms with van der Waals surface area (Å²) in [4.78, 5) is 16.7. The lowest BCUT2D eigenvalue weighted by molar-refractivity contribution is -0.155. The van der Waals surface area contributed by atoms with E-state index >= 15 is 0 Å². The van der Waals surface area contributed by atoms with Crippen molar-refractivity contribution in [1.82, 2.24) is 9.80 Å². The summed E-state index contributed by atoms with van der Waals surface area (Å²) in [5, 5.41) is 0. The quantitative estimate of drug-likeness (QED) is 0.790. The van der Waals surface area contributed by atoms with Crippen LogP contribution in [0.1, 0.15) is 26.2 Å². The summed E-state index contributed by atoms with van der Waals surface area (Å²) < 4.78 is 24.2. The molecule has 0 aliphatic carbocycles. The second kappa shape index (κ2) is 8.63. The molecule has 0 spiro atoms. The van der Waals surface area contributed by atoms with Gasteiger partial charge in [-0.2, -0.15) is 0 Å². The van der Waals surface area contributed by atoms with E-state index < -0.39 is 0 Å². The third kappa shape index (κ3) is 4.92. The molecule has 1 aromatic rings. The normalized spacial score (nSPS) is 23.0. The van der Waals surface area contributed by atoms with Gasteiger partial charge in [0.2, 0.25) is 5.91 Å². The summed E-state index contributed by atoms with van der Waals surface area (Å²) in [5.41, 5.74) is 0. The monoisotopic (exact) mass is 350 g/mol. The lowest BCUT2D eigenvalue weighted by Crippen LogP contribution is -2.55. The number of rotatable bonds is 6. The van der Waals surface area contributed by atoms with Crippen LogP contribution in [0.2, 0.25) is 0 Å². The molecule has 2 saturated heterocycles. The van der Waals surface area contributed by atoms with Crippen LogP contribution in [0.15, 0.2) is 24.3 Å². The molecule has 5 nitrogen and oxygen atoms in total. The van der Waals surface area contributed by atoms with Gasteiger partial charge in [-0.15, -0.1) is 0 Å². The highest BCUT2D eigenvalue weighted by molar-refractivity contribution is 5.78. The number of likely N-dealkylation sites (tertiary alicyclic amines) is 1. The zero-order chi connectivity index (χ0) is 17.6. The predicted octanol–water partition coefficient (Wildman–Crippen LogP) is 2.31. The van der Waals surface area contributed by atoms with E-state index in [2.05, 4.69) is 11.8 Å². The van der Waals surface area contributed by atoms with Crippen LogP contribution in [0.25, 0.3) is 0 Å². The van der Waals surface area contributed by atoms with E-state index in [9.17, 15) is 9.18 Å². The molecule has 0 unspecified atom stereocenters. The molecule has 3 rings (SSSR count). The second-order valence-corrected chi connectivity index (χ2v) is 6.82. The van der Waals surface area contributed by atoms with Gasteiger partial charge >= 0.3 is 0 Å². The molecular formula is C19H27FN2O3. The van der Waals surface area contributed by atoms with E-state index in [0.717, 1.165) is 32.5 Å². The van der Waals surface area contributed by atoms with Gasteiger partial charge in [-0.25, -0.2) is 4.39 Å². The Morgan fingerprint density at radius 1 is 1.24 bits per heavy atom. The number of benzene rings is 1. The molecule has 6 heteroatoms. The smallest absolute Gasteiger partial charge is 0.248 e. The standard InChI is InChI=1S/C19H27FN2O3/c1-2-9-21-10-7-16(8-11-21)22-12-18(25-14-19(22)23)13-24-17-5-3-15(20)4-6-17/h3-6,16,18H,2,7-14H2,1H3/t18-/m0/s1. The van der Waals surface area contributed by atoms with Gasteiger partial charge in [0.15, 0.2) is 0 Å². The van der Waals surface area contributed by atoms with Gasteiger partial charge in [-0.1, -0.05) is 6.92 Å². The molecule has 0 radical (unpaired) electrons. The number of hydrogen-bond acceptors (Lipinski definition) is 4. The Bertz CT molecular complexity index is 558. The van der Waals surface area contributed by atoms with Crippen molar-refractivity contribution >= 4 is 5.91 Å². The van der Waals surface area contributed by atoms with Crippen molar-refractivity contribution in [2.45, 2.75) is 38.3 Å². The minimum Gasteiger partial charge on any atom is -0.491 e. The van der Waals surface area contributed by atoms with Crippen LogP contribution >= 0.6 is 0 Å². The van der Waals surface area contributed by atoms with Crippen molar-refractivity contribution in [3.63, 3.8) is 0 Å². The highest BCUT2D eigenvalue weighted by Gasteiger charge is 2.33. The van der Waals surface area contributed by atoms with Gasteiger partial charge < -0.3 is 19.3 Å². The van der Waals surface area contributed by atoms with Crippen molar-refractivity contribution in [3.8, 4) is 5.75 Å². The molecule has 25 heavy (non-hydrogen) atoms. The van der Waals surface area contributed by atoms with E-state index in [4.69, 9.17) is 9.47 Å². The number of carbonyl (C=O) groups excluding carboxylic acids is 1. The highest BCUT2D eigenvalue weighted by atomic mass is 19.1. The molecule has 1 aromatic carbocycles. The maximum atomic E-state index is 12.9. The van der Waals surface area contributed by atoms with Crippen molar-refractivity contribution < 1.29 is 18.7 Å². The lowest BCUT2D eigenvalue weighted by Gasteiger charge is -2.42. The molecule has 1 atom stereocenters. The molecule has 0 aromatic heterocycles. The fraction of sp³-hybridized carbons (Fsp3) is 0.632. The van der Waals surface area contributed by atoms with E-state index in [1.807, 2.05) is 4.90 Å². The van der Waals surface area contributed by atoms with E-state index in [1.54, 1.807) is 12.1 Å². The predicted molar refractivity (Wildman–Crippen MR) is 93.1 cm³/mol. The Kier molecular flexibility index (Phi) is 6.26. The Hall–Kier alpha value is -1.66. The van der Waals surface area contributed by atoms with Crippen LogP contribution in [-0.2, 0) is 9.53 Å². The summed E-state index contributed by atoms with van der Waals surface area (Å²) in [6, 6.07) is 6.25. The van der Waals surface area contributed by atoms with Crippen LogP contribution in [0, 0.1) is 5.82 Å². The van der Waals surface area contributed by atoms with Crippen LogP contribution in [0.3, 0.4) is 0 Å². The Morgan fingerprint density at radius 3 is 2.64 bits per heavy atom. The average Bonchev–Trinajstić information content (AvgIpc) is 2.63. The lowest BCUT2D eigenvalue weighted by atomic mass is 10.0. The molecule has 2 aliphatic heterocycles. The molecular weight excluding hydrogens is 323 g/mol. The number of halogens is 1. The van der Waals surface area contributed by atoms with Gasteiger partial charge in [0.25, 0.3) is 0 Å². The number of hydrogen-bond donors (Lipinski definition) is 0. The molecule has 1 amide bonds. The van der Waals surface area contributed by atoms with Gasteiger partial charge in [-0.05, 0) is 50.1 Å². The van der Waals surface area contributed by atoms with Crippen molar-refractivity contribution in [1.29, 1.82) is 0 Å². The molecule has 2 aliphatic rings. The average molecular weight is 350 g/mol.